The number of rotatable bonds is 12. The van der Waals surface area contributed by atoms with Crippen molar-refractivity contribution in [3.8, 4) is 50.5 Å². The van der Waals surface area contributed by atoms with Crippen LogP contribution in [0.1, 0.15) is 57.2 Å². The van der Waals surface area contributed by atoms with E-state index < -0.39 is 11.9 Å². The van der Waals surface area contributed by atoms with Gasteiger partial charge in [0, 0.05) is 46.3 Å². The molecule has 0 saturated heterocycles. The second-order valence-corrected chi connectivity index (χ2v) is 15.0. The van der Waals surface area contributed by atoms with Crippen molar-refractivity contribution in [2.45, 2.75) is 59.3 Å². The Balaban J connectivity index is 0.000000670. The Morgan fingerprint density at radius 2 is 1.16 bits per heavy atom. The molecule has 0 bridgehead atoms. The summed E-state index contributed by atoms with van der Waals surface area (Å²) in [6.45, 7) is 6.26. The summed E-state index contributed by atoms with van der Waals surface area (Å²) in [5.74, 6) is -0.450. The van der Waals surface area contributed by atoms with E-state index in [-0.39, 0.29) is 26.1 Å². The molecule has 5 heterocycles. The molecule has 0 atom stereocenters. The lowest BCUT2D eigenvalue weighted by Crippen LogP contribution is -2.04. The van der Waals surface area contributed by atoms with E-state index in [1.165, 1.54) is 30.6 Å². The van der Waals surface area contributed by atoms with Crippen LogP contribution in [0.5, 0.6) is 11.5 Å². The number of carboxylic acid groups (broad SMARTS) is 2. The molecule has 0 unspecified atom stereocenters. The van der Waals surface area contributed by atoms with E-state index >= 15 is 0 Å². The quantitative estimate of drug-likeness (QED) is 0.135. The van der Waals surface area contributed by atoms with Crippen LogP contribution in [0.2, 0.25) is 0 Å². The molecule has 2 N–H and O–H groups in total. The highest BCUT2D eigenvalue weighted by molar-refractivity contribution is 7.30. The van der Waals surface area contributed by atoms with Crippen LogP contribution in [0.25, 0.3) is 39.0 Å². The summed E-state index contributed by atoms with van der Waals surface area (Å²) in [4.78, 5) is 31.6. The Labute approximate surface area is 278 Å². The summed E-state index contributed by atoms with van der Waals surface area (Å²) < 4.78 is 11.9. The zero-order valence-corrected chi connectivity index (χ0v) is 29.0. The molecule has 1 fully saturated rings. The first kappa shape index (κ1) is 33.9. The number of carbonyl (C=O) groups is 2. The monoisotopic (exact) mass is 688 g/mol. The Hall–Kier alpha value is -2.96. The van der Waals surface area contributed by atoms with Gasteiger partial charge in [0.15, 0.2) is 0 Å². The van der Waals surface area contributed by atoms with E-state index in [0.717, 1.165) is 39.0 Å². The van der Waals surface area contributed by atoms with Gasteiger partial charge in [0.25, 0.3) is 0 Å². The molecule has 0 aromatic carbocycles. The molecule has 1 aliphatic rings. The zero-order chi connectivity index (χ0) is 31.5. The number of thiophene rings is 5. The normalized spacial score (nSPS) is 11.9. The molecule has 6 rings (SSSR count). The molecule has 1 aliphatic carbocycles. The summed E-state index contributed by atoms with van der Waals surface area (Å²) >= 11 is 8.21. The first-order chi connectivity index (χ1) is 21.4. The fraction of sp³-hybridized carbons (Fsp3) is 0.333. The fourth-order valence-corrected chi connectivity index (χ4v) is 9.08. The van der Waals surface area contributed by atoms with Gasteiger partial charge in [-0.05, 0) is 42.6 Å². The van der Waals surface area contributed by atoms with Crippen molar-refractivity contribution in [1.29, 1.82) is 0 Å². The van der Waals surface area contributed by atoms with Gasteiger partial charge < -0.3 is 19.7 Å². The SMILES string of the molecule is C1CCC1.CC.Cc1ccc(-c2cc(OCCC(=O)O)c(-c3ccc(-c4sc(-c5cccs5)cc4OCCC(=O)O)s3)s2)s1. The number of carboxylic acids is 2. The topological polar surface area (TPSA) is 93.1 Å². The lowest BCUT2D eigenvalue weighted by Gasteiger charge is -2.05. The maximum atomic E-state index is 11.0. The highest BCUT2D eigenvalue weighted by atomic mass is 32.1. The third kappa shape index (κ3) is 9.28. The molecule has 5 aromatic heterocycles. The predicted molar refractivity (Wildman–Crippen MR) is 188 cm³/mol. The largest absolute Gasteiger partial charge is 0.491 e. The van der Waals surface area contributed by atoms with Crippen molar-refractivity contribution in [3.05, 3.63) is 58.8 Å². The molecule has 0 spiro atoms. The Kier molecular flexibility index (Phi) is 13.1. The van der Waals surface area contributed by atoms with Gasteiger partial charge in [0.05, 0.1) is 35.8 Å². The van der Waals surface area contributed by atoms with Gasteiger partial charge in [0.1, 0.15) is 11.5 Å². The molecule has 0 aliphatic heterocycles. The molecule has 11 heteroatoms. The summed E-state index contributed by atoms with van der Waals surface area (Å²) in [5, 5.41) is 20.1. The maximum absolute atomic E-state index is 11.0. The lowest BCUT2D eigenvalue weighted by atomic mass is 10.0. The van der Waals surface area contributed by atoms with Crippen molar-refractivity contribution in [1.82, 2.24) is 0 Å². The molecule has 234 valence electrons. The maximum Gasteiger partial charge on any atom is 0.306 e. The van der Waals surface area contributed by atoms with E-state index in [2.05, 4.69) is 25.1 Å². The van der Waals surface area contributed by atoms with Crippen molar-refractivity contribution in [3.63, 3.8) is 0 Å². The average Bonchev–Trinajstić information content (AvgIpc) is 3.78. The van der Waals surface area contributed by atoms with Gasteiger partial charge in [-0.1, -0.05) is 45.6 Å². The van der Waals surface area contributed by atoms with E-state index in [0.29, 0.717) is 11.5 Å². The minimum Gasteiger partial charge on any atom is -0.491 e. The van der Waals surface area contributed by atoms with Crippen LogP contribution in [0.3, 0.4) is 0 Å². The second-order valence-electron chi connectivity index (χ2n) is 9.56. The average molecular weight is 689 g/mol. The number of aryl methyl sites for hydroxylation is 1. The highest BCUT2D eigenvalue weighted by Crippen LogP contribution is 2.51. The van der Waals surface area contributed by atoms with Gasteiger partial charge in [0.2, 0.25) is 0 Å². The second kappa shape index (κ2) is 16.9. The molecule has 0 radical (unpaired) electrons. The molecule has 1 saturated carbocycles. The van der Waals surface area contributed by atoms with Gasteiger partial charge in [-0.25, -0.2) is 0 Å². The van der Waals surface area contributed by atoms with Crippen LogP contribution in [-0.2, 0) is 9.59 Å². The van der Waals surface area contributed by atoms with Crippen LogP contribution < -0.4 is 9.47 Å². The third-order valence-electron chi connectivity index (χ3n) is 6.34. The van der Waals surface area contributed by atoms with Crippen molar-refractivity contribution >= 4 is 68.6 Å². The Morgan fingerprint density at radius 1 is 0.659 bits per heavy atom. The van der Waals surface area contributed by atoms with E-state index in [4.69, 9.17) is 19.7 Å². The minimum atomic E-state index is -0.900. The van der Waals surface area contributed by atoms with Crippen molar-refractivity contribution < 1.29 is 29.3 Å². The summed E-state index contributed by atoms with van der Waals surface area (Å²) in [5.41, 5.74) is 0. The van der Waals surface area contributed by atoms with E-state index in [9.17, 15) is 9.59 Å². The van der Waals surface area contributed by atoms with E-state index in [1.54, 1.807) is 56.7 Å². The lowest BCUT2D eigenvalue weighted by molar-refractivity contribution is -0.138. The zero-order valence-electron chi connectivity index (χ0n) is 24.9. The van der Waals surface area contributed by atoms with Crippen LogP contribution in [0.15, 0.2) is 53.9 Å². The van der Waals surface area contributed by atoms with Crippen molar-refractivity contribution in [2.75, 3.05) is 13.2 Å². The standard InChI is InChI=1S/C27H22O6S5.C4H8.C2H6/c1-15-4-5-19(35-15)23-14-17(33-11-9-25(30)31)27(38-23)21-7-6-20(36-21)26-16(32-10-8-24(28)29)13-22(37-26)18-3-2-12-34-18;1-2-4-3-1;1-2/h2-7,12-14H,8-11H2,1H3,(H,28,29)(H,30,31);1-4H2;1-2H3. The third-order valence-corrected chi connectivity index (χ3v) is 12.3. The molecule has 44 heavy (non-hydrogen) atoms. The van der Waals surface area contributed by atoms with Crippen molar-refractivity contribution in [2.24, 2.45) is 0 Å². The highest BCUT2D eigenvalue weighted by Gasteiger charge is 2.21. The van der Waals surface area contributed by atoms with Crippen LogP contribution >= 0.6 is 56.7 Å². The molecule has 5 aromatic rings. The summed E-state index contributed by atoms with van der Waals surface area (Å²) in [6, 6.07) is 16.3. The van der Waals surface area contributed by atoms with Crippen LogP contribution in [0, 0.1) is 6.92 Å². The molecule has 0 amide bonds. The fourth-order valence-electron chi connectivity index (χ4n) is 3.86. The first-order valence-corrected chi connectivity index (χ1v) is 18.7. The molecular formula is C33H36O6S5. The van der Waals surface area contributed by atoms with Gasteiger partial charge >= 0.3 is 11.9 Å². The van der Waals surface area contributed by atoms with Gasteiger partial charge in [-0.3, -0.25) is 9.59 Å². The summed E-state index contributed by atoms with van der Waals surface area (Å²) in [7, 11) is 0. The minimum absolute atomic E-state index is 0.0729. The number of hydrogen-bond donors (Lipinski definition) is 2. The number of aliphatic carboxylic acids is 2. The molecule has 6 nitrogen and oxygen atoms in total. The Morgan fingerprint density at radius 3 is 1.57 bits per heavy atom. The first-order valence-electron chi connectivity index (χ1n) is 14.6. The number of hydrogen-bond acceptors (Lipinski definition) is 9. The van der Waals surface area contributed by atoms with E-state index in [1.807, 2.05) is 49.6 Å². The smallest absolute Gasteiger partial charge is 0.306 e. The number of ether oxygens (including phenoxy) is 2. The van der Waals surface area contributed by atoms with Gasteiger partial charge in [-0.15, -0.1) is 56.7 Å². The van der Waals surface area contributed by atoms with Crippen LogP contribution in [-0.4, -0.2) is 35.4 Å². The Bertz CT molecular complexity index is 1610. The van der Waals surface area contributed by atoms with Crippen LogP contribution in [0.4, 0.5) is 0 Å². The summed E-state index contributed by atoms with van der Waals surface area (Å²) in [6.07, 6.45) is 5.85. The predicted octanol–water partition coefficient (Wildman–Crippen LogP) is 11.3. The molecular weight excluding hydrogens is 653 g/mol. The van der Waals surface area contributed by atoms with Gasteiger partial charge in [-0.2, -0.15) is 0 Å².